The van der Waals surface area contributed by atoms with Crippen LogP contribution < -0.4 is 10.6 Å². The zero-order chi connectivity index (χ0) is 19.2. The van der Waals surface area contributed by atoms with Crippen LogP contribution in [0.5, 0.6) is 0 Å². The van der Waals surface area contributed by atoms with Crippen molar-refractivity contribution in [2.75, 3.05) is 18.4 Å². The van der Waals surface area contributed by atoms with Crippen LogP contribution in [0.2, 0.25) is 0 Å². The van der Waals surface area contributed by atoms with Gasteiger partial charge in [0.2, 0.25) is 0 Å². The van der Waals surface area contributed by atoms with E-state index in [4.69, 9.17) is 0 Å². The number of nitrogens with zero attached hydrogens (tertiary/aromatic N) is 1. The second-order valence-electron chi connectivity index (χ2n) is 6.77. The SMILES string of the molecule is O=C1NC2(CCN(C(=O)c3ccc(F)cc3)CC2)Nc2cc(F)c(F)cc21. The summed E-state index contributed by atoms with van der Waals surface area (Å²) in [5.74, 6) is -3.24. The molecule has 4 rings (SSSR count). The van der Waals surface area contributed by atoms with Gasteiger partial charge in [0.1, 0.15) is 11.5 Å². The quantitative estimate of drug-likeness (QED) is 0.806. The third-order valence-electron chi connectivity index (χ3n) is 5.03. The van der Waals surface area contributed by atoms with E-state index < -0.39 is 29.0 Å². The Morgan fingerprint density at radius 1 is 0.963 bits per heavy atom. The maximum absolute atomic E-state index is 13.5. The third kappa shape index (κ3) is 3.11. The molecule has 0 radical (unpaired) electrons. The van der Waals surface area contributed by atoms with Crippen LogP contribution in [0.15, 0.2) is 36.4 Å². The summed E-state index contributed by atoms with van der Waals surface area (Å²) in [6, 6.07) is 7.15. The molecule has 2 aromatic carbocycles. The molecule has 2 amide bonds. The molecule has 2 heterocycles. The van der Waals surface area contributed by atoms with Crippen molar-refractivity contribution >= 4 is 17.5 Å². The molecule has 2 aliphatic heterocycles. The number of anilines is 1. The lowest BCUT2D eigenvalue weighted by atomic mass is 9.92. The minimum atomic E-state index is -1.08. The van der Waals surface area contributed by atoms with Gasteiger partial charge in [0.05, 0.1) is 11.3 Å². The smallest absolute Gasteiger partial charge is 0.255 e. The number of carbonyl (C=O) groups is 2. The molecule has 0 unspecified atom stereocenters. The standard InChI is InChI=1S/C19H16F3N3O2/c20-12-3-1-11(2-4-12)18(27)25-7-5-19(6-8-25)23-16-10-15(22)14(21)9-13(16)17(26)24-19/h1-4,9-10,23H,5-8H2,(H,24,26). The van der Waals surface area contributed by atoms with E-state index >= 15 is 0 Å². The molecule has 1 saturated heterocycles. The van der Waals surface area contributed by atoms with Crippen LogP contribution in [0.3, 0.4) is 0 Å². The Bertz CT molecular complexity index is 923. The molecule has 8 heteroatoms. The molecular formula is C19H16F3N3O2. The number of halogens is 3. The summed E-state index contributed by atoms with van der Waals surface area (Å²) in [7, 11) is 0. The number of piperidine rings is 1. The molecule has 140 valence electrons. The van der Waals surface area contributed by atoms with Crippen molar-refractivity contribution in [3.8, 4) is 0 Å². The highest BCUT2D eigenvalue weighted by molar-refractivity contribution is 6.02. The Hall–Kier alpha value is -3.03. The van der Waals surface area contributed by atoms with E-state index in [1.165, 1.54) is 24.3 Å². The first-order valence-corrected chi connectivity index (χ1v) is 8.51. The third-order valence-corrected chi connectivity index (χ3v) is 5.03. The second-order valence-corrected chi connectivity index (χ2v) is 6.77. The number of carbonyl (C=O) groups excluding carboxylic acids is 2. The number of amides is 2. The minimum Gasteiger partial charge on any atom is -0.362 e. The Kier molecular flexibility index (Phi) is 4.05. The number of fused-ring (bicyclic) bond motifs is 1. The second kappa shape index (κ2) is 6.29. The van der Waals surface area contributed by atoms with Gasteiger partial charge >= 0.3 is 0 Å². The highest BCUT2D eigenvalue weighted by atomic mass is 19.2. The van der Waals surface area contributed by atoms with Crippen molar-refractivity contribution in [2.45, 2.75) is 18.5 Å². The minimum absolute atomic E-state index is 0.0457. The number of likely N-dealkylation sites (tertiary alicyclic amines) is 1. The fourth-order valence-corrected chi connectivity index (χ4v) is 3.53. The van der Waals surface area contributed by atoms with Crippen LogP contribution in [0.1, 0.15) is 33.6 Å². The summed E-state index contributed by atoms with van der Waals surface area (Å²) < 4.78 is 40.0. The first kappa shape index (κ1) is 17.4. The molecule has 2 aromatic rings. The van der Waals surface area contributed by atoms with Crippen LogP contribution in [0, 0.1) is 17.5 Å². The van der Waals surface area contributed by atoms with Crippen LogP contribution in [-0.2, 0) is 0 Å². The molecular weight excluding hydrogens is 359 g/mol. The number of benzene rings is 2. The molecule has 0 aliphatic carbocycles. The molecule has 0 saturated carbocycles. The topological polar surface area (TPSA) is 61.4 Å². The molecule has 2 N–H and O–H groups in total. The number of hydrogen-bond donors (Lipinski definition) is 2. The predicted molar refractivity (Wildman–Crippen MR) is 91.7 cm³/mol. The monoisotopic (exact) mass is 375 g/mol. The molecule has 0 aromatic heterocycles. The van der Waals surface area contributed by atoms with Crippen molar-refractivity contribution in [3.63, 3.8) is 0 Å². The van der Waals surface area contributed by atoms with Gasteiger partial charge in [-0.2, -0.15) is 0 Å². The zero-order valence-corrected chi connectivity index (χ0v) is 14.2. The van der Waals surface area contributed by atoms with Crippen molar-refractivity contribution in [2.24, 2.45) is 0 Å². The average Bonchev–Trinajstić information content (AvgIpc) is 2.64. The van der Waals surface area contributed by atoms with Crippen molar-refractivity contribution < 1.29 is 22.8 Å². The van der Waals surface area contributed by atoms with E-state index in [1.807, 2.05) is 0 Å². The van der Waals surface area contributed by atoms with E-state index in [0.29, 0.717) is 31.5 Å². The van der Waals surface area contributed by atoms with Crippen molar-refractivity contribution in [1.29, 1.82) is 0 Å². The summed E-state index contributed by atoms with van der Waals surface area (Å²) in [5, 5.41) is 5.91. The Morgan fingerprint density at radius 2 is 1.59 bits per heavy atom. The molecule has 1 spiro atoms. The molecule has 1 fully saturated rings. The highest BCUT2D eigenvalue weighted by Gasteiger charge is 2.41. The van der Waals surface area contributed by atoms with E-state index in [9.17, 15) is 22.8 Å². The first-order chi connectivity index (χ1) is 12.9. The molecule has 5 nitrogen and oxygen atoms in total. The van der Waals surface area contributed by atoms with Crippen LogP contribution >= 0.6 is 0 Å². The maximum Gasteiger partial charge on any atom is 0.255 e. The first-order valence-electron chi connectivity index (χ1n) is 8.51. The predicted octanol–water partition coefficient (Wildman–Crippen LogP) is 2.89. The van der Waals surface area contributed by atoms with Crippen molar-refractivity contribution in [1.82, 2.24) is 10.2 Å². The van der Waals surface area contributed by atoms with Gasteiger partial charge in [0.15, 0.2) is 11.6 Å². The number of hydrogen-bond acceptors (Lipinski definition) is 3. The van der Waals surface area contributed by atoms with Gasteiger partial charge in [0, 0.05) is 37.6 Å². The summed E-state index contributed by atoms with van der Waals surface area (Å²) in [4.78, 5) is 26.5. The van der Waals surface area contributed by atoms with Crippen LogP contribution in [-0.4, -0.2) is 35.5 Å². The summed E-state index contributed by atoms with van der Waals surface area (Å²) in [6.07, 6.45) is 0.786. The highest BCUT2D eigenvalue weighted by Crippen LogP contribution is 2.33. The van der Waals surface area contributed by atoms with Gasteiger partial charge in [-0.1, -0.05) is 0 Å². The largest absolute Gasteiger partial charge is 0.362 e. The Morgan fingerprint density at radius 3 is 2.26 bits per heavy atom. The fourth-order valence-electron chi connectivity index (χ4n) is 3.53. The van der Waals surface area contributed by atoms with E-state index in [0.717, 1.165) is 12.1 Å². The van der Waals surface area contributed by atoms with Gasteiger partial charge in [0.25, 0.3) is 11.8 Å². The summed E-state index contributed by atoms with van der Waals surface area (Å²) in [5.41, 5.74) is -0.162. The lowest BCUT2D eigenvalue weighted by Crippen LogP contribution is -2.62. The Balaban J connectivity index is 1.50. The zero-order valence-electron chi connectivity index (χ0n) is 14.2. The number of rotatable bonds is 1. The molecule has 27 heavy (non-hydrogen) atoms. The average molecular weight is 375 g/mol. The normalized spacial score (nSPS) is 17.9. The van der Waals surface area contributed by atoms with E-state index in [1.54, 1.807) is 4.90 Å². The van der Waals surface area contributed by atoms with Gasteiger partial charge in [-0.3, -0.25) is 9.59 Å². The van der Waals surface area contributed by atoms with Gasteiger partial charge in [-0.15, -0.1) is 0 Å². The van der Waals surface area contributed by atoms with Gasteiger partial charge in [-0.05, 0) is 30.3 Å². The van der Waals surface area contributed by atoms with E-state index in [2.05, 4.69) is 10.6 Å². The van der Waals surface area contributed by atoms with E-state index in [-0.39, 0.29) is 17.2 Å². The van der Waals surface area contributed by atoms with Gasteiger partial charge < -0.3 is 15.5 Å². The van der Waals surface area contributed by atoms with Gasteiger partial charge in [-0.25, -0.2) is 13.2 Å². The lowest BCUT2D eigenvalue weighted by molar-refractivity contribution is 0.0639. The summed E-state index contributed by atoms with van der Waals surface area (Å²) in [6.45, 7) is 0.699. The summed E-state index contributed by atoms with van der Waals surface area (Å²) >= 11 is 0. The fraction of sp³-hybridized carbons (Fsp3) is 0.263. The van der Waals surface area contributed by atoms with Crippen molar-refractivity contribution in [3.05, 3.63) is 65.0 Å². The van der Waals surface area contributed by atoms with Crippen LogP contribution in [0.4, 0.5) is 18.9 Å². The van der Waals surface area contributed by atoms with Crippen LogP contribution in [0.25, 0.3) is 0 Å². The Labute approximate surface area is 153 Å². The molecule has 0 bridgehead atoms. The maximum atomic E-state index is 13.5. The molecule has 0 atom stereocenters. The molecule has 2 aliphatic rings. The number of nitrogens with one attached hydrogen (secondary N) is 2. The lowest BCUT2D eigenvalue weighted by Gasteiger charge is -2.45.